The monoisotopic (exact) mass is 542 g/mol. The zero-order valence-corrected chi connectivity index (χ0v) is 21.3. The number of aliphatic carboxylic acids is 1. The number of methoxy groups -OCH3 is 1. The van der Waals surface area contributed by atoms with Crippen LogP contribution >= 0.6 is 0 Å². The molecule has 1 aliphatic heterocycles. The Kier molecular flexibility index (Phi) is 11.0. The zero-order chi connectivity index (χ0) is 27.5. The van der Waals surface area contributed by atoms with Crippen molar-refractivity contribution in [3.63, 3.8) is 0 Å². The van der Waals surface area contributed by atoms with Gasteiger partial charge in [0.15, 0.2) is 0 Å². The van der Waals surface area contributed by atoms with Crippen molar-refractivity contribution in [2.45, 2.75) is 56.9 Å². The van der Waals surface area contributed by atoms with Crippen molar-refractivity contribution in [1.82, 2.24) is 19.9 Å². The lowest BCUT2D eigenvalue weighted by molar-refractivity contribution is -0.139. The molecule has 0 fully saturated rings. The fourth-order valence-electron chi connectivity index (χ4n) is 4.23. The van der Waals surface area contributed by atoms with E-state index >= 15 is 0 Å². The summed E-state index contributed by atoms with van der Waals surface area (Å²) in [6.07, 6.45) is -0.138. The van der Waals surface area contributed by atoms with Crippen LogP contribution in [0.4, 0.5) is 29.3 Å². The standard InChI is InChI=1S/C25H34F4N6O3/c1-38-16-19(26)15-35(11-3-2-6-20-8-7-17-5-4-10-30-22(17)33-20)12-9-21(23(36)37)34-24-31-13-18(14-32-24)25(27,28)29/h7-8,13-14,19,21H,2-6,9-12,15-16H2,1H3,(H,30,33)(H,36,37)(H,31,32,34)/t19-,21?/m0/s1. The summed E-state index contributed by atoms with van der Waals surface area (Å²) in [7, 11) is 1.41. The van der Waals surface area contributed by atoms with Crippen LogP contribution in [0, 0.1) is 0 Å². The van der Waals surface area contributed by atoms with Gasteiger partial charge in [-0.2, -0.15) is 13.2 Å². The molecule has 9 nitrogen and oxygen atoms in total. The normalized spacial score (nSPS) is 15.0. The van der Waals surface area contributed by atoms with Crippen molar-refractivity contribution in [3.8, 4) is 0 Å². The van der Waals surface area contributed by atoms with Crippen LogP contribution in [0.5, 0.6) is 0 Å². The van der Waals surface area contributed by atoms with Gasteiger partial charge in [-0.3, -0.25) is 0 Å². The van der Waals surface area contributed by atoms with E-state index in [1.165, 1.54) is 12.7 Å². The van der Waals surface area contributed by atoms with Crippen molar-refractivity contribution in [2.75, 3.05) is 50.5 Å². The lowest BCUT2D eigenvalue weighted by Gasteiger charge is -2.25. The van der Waals surface area contributed by atoms with E-state index in [1.54, 1.807) is 0 Å². The van der Waals surface area contributed by atoms with Crippen molar-refractivity contribution in [2.24, 2.45) is 0 Å². The second-order valence-electron chi connectivity index (χ2n) is 9.27. The second kappa shape index (κ2) is 14.2. The van der Waals surface area contributed by atoms with Gasteiger partial charge in [-0.15, -0.1) is 0 Å². The summed E-state index contributed by atoms with van der Waals surface area (Å²) in [6, 6.07) is 2.97. The van der Waals surface area contributed by atoms with Gasteiger partial charge in [0.1, 0.15) is 18.0 Å². The number of carboxylic acids is 1. The third-order valence-corrected chi connectivity index (χ3v) is 6.23. The average Bonchev–Trinajstić information content (AvgIpc) is 2.88. The van der Waals surface area contributed by atoms with Gasteiger partial charge in [-0.1, -0.05) is 6.07 Å². The molecule has 2 aromatic heterocycles. The highest BCUT2D eigenvalue weighted by Crippen LogP contribution is 2.28. The second-order valence-corrected chi connectivity index (χ2v) is 9.27. The molecule has 38 heavy (non-hydrogen) atoms. The average molecular weight is 543 g/mol. The molecule has 0 spiro atoms. The fourth-order valence-corrected chi connectivity index (χ4v) is 4.23. The first-order valence-electron chi connectivity index (χ1n) is 12.6. The van der Waals surface area contributed by atoms with Crippen LogP contribution in [0.25, 0.3) is 0 Å². The van der Waals surface area contributed by atoms with Crippen molar-refractivity contribution in [3.05, 3.63) is 41.3 Å². The van der Waals surface area contributed by atoms with Crippen molar-refractivity contribution >= 4 is 17.7 Å². The molecular formula is C25H34F4N6O3. The molecule has 0 amide bonds. The van der Waals surface area contributed by atoms with E-state index < -0.39 is 29.9 Å². The highest BCUT2D eigenvalue weighted by molar-refractivity contribution is 5.76. The minimum absolute atomic E-state index is 0.0669. The number of aryl methyl sites for hydroxylation is 2. The van der Waals surface area contributed by atoms with E-state index in [9.17, 15) is 27.5 Å². The molecule has 2 aromatic rings. The molecule has 3 heterocycles. The van der Waals surface area contributed by atoms with Gasteiger partial charge in [-0.05, 0) is 56.7 Å². The summed E-state index contributed by atoms with van der Waals surface area (Å²) in [4.78, 5) is 25.4. The molecule has 0 aromatic carbocycles. The lowest BCUT2D eigenvalue weighted by atomic mass is 10.1. The maximum Gasteiger partial charge on any atom is 0.419 e. The molecule has 0 aliphatic carbocycles. The predicted molar refractivity (Wildman–Crippen MR) is 134 cm³/mol. The molecule has 1 aliphatic rings. The van der Waals surface area contributed by atoms with Gasteiger partial charge >= 0.3 is 12.1 Å². The van der Waals surface area contributed by atoms with E-state index in [2.05, 4.69) is 26.7 Å². The van der Waals surface area contributed by atoms with E-state index in [4.69, 9.17) is 9.72 Å². The molecule has 0 radical (unpaired) electrons. The van der Waals surface area contributed by atoms with Crippen LogP contribution in [-0.2, 0) is 28.5 Å². The Morgan fingerprint density at radius 2 is 2.00 bits per heavy atom. The maximum atomic E-state index is 14.3. The van der Waals surface area contributed by atoms with Gasteiger partial charge in [0.2, 0.25) is 5.95 Å². The zero-order valence-electron chi connectivity index (χ0n) is 21.3. The van der Waals surface area contributed by atoms with Crippen molar-refractivity contribution in [1.29, 1.82) is 0 Å². The largest absolute Gasteiger partial charge is 0.480 e. The summed E-state index contributed by atoms with van der Waals surface area (Å²) in [6.45, 7) is 1.69. The molecule has 13 heteroatoms. The number of alkyl halides is 4. The SMILES string of the molecule is COC[C@@H](F)CN(CCCCc1ccc2c(n1)NCCC2)CCC(Nc1ncc(C(F)(F)F)cn1)C(=O)O. The topological polar surface area (TPSA) is 113 Å². The number of hydrogen-bond donors (Lipinski definition) is 3. The summed E-state index contributed by atoms with van der Waals surface area (Å²) in [5.41, 5.74) is 1.18. The van der Waals surface area contributed by atoms with Crippen LogP contribution in [0.1, 0.15) is 42.5 Å². The first-order valence-corrected chi connectivity index (χ1v) is 12.6. The Hall–Kier alpha value is -3.06. The van der Waals surface area contributed by atoms with E-state index in [-0.39, 0.29) is 32.1 Å². The van der Waals surface area contributed by atoms with Crippen LogP contribution < -0.4 is 10.6 Å². The smallest absolute Gasteiger partial charge is 0.419 e. The number of fused-ring (bicyclic) bond motifs is 1. The van der Waals surface area contributed by atoms with Crippen LogP contribution in [0.2, 0.25) is 0 Å². The minimum atomic E-state index is -4.59. The lowest BCUT2D eigenvalue weighted by Crippen LogP contribution is -2.39. The highest BCUT2D eigenvalue weighted by Gasteiger charge is 2.31. The molecule has 0 saturated heterocycles. The van der Waals surface area contributed by atoms with Gasteiger partial charge in [0.25, 0.3) is 0 Å². The number of unbranched alkanes of at least 4 members (excludes halogenated alkanes) is 1. The number of pyridine rings is 1. The van der Waals surface area contributed by atoms with Crippen molar-refractivity contribution < 1.29 is 32.2 Å². The number of anilines is 2. The van der Waals surface area contributed by atoms with Gasteiger partial charge in [0.05, 0.1) is 12.2 Å². The molecule has 0 saturated carbocycles. The molecule has 210 valence electrons. The van der Waals surface area contributed by atoms with Crippen LogP contribution in [0.15, 0.2) is 24.5 Å². The number of carbonyl (C=O) groups is 1. The first-order chi connectivity index (χ1) is 18.2. The summed E-state index contributed by atoms with van der Waals surface area (Å²) < 4.78 is 57.4. The molecule has 3 N–H and O–H groups in total. The summed E-state index contributed by atoms with van der Waals surface area (Å²) in [5, 5.41) is 15.5. The van der Waals surface area contributed by atoms with E-state index in [0.717, 1.165) is 50.2 Å². The van der Waals surface area contributed by atoms with Gasteiger partial charge in [-0.25, -0.2) is 24.1 Å². The number of nitrogens with one attached hydrogen (secondary N) is 2. The number of halogens is 4. The molecular weight excluding hydrogens is 508 g/mol. The van der Waals surface area contributed by atoms with E-state index in [0.29, 0.717) is 18.9 Å². The Balaban J connectivity index is 1.53. The third kappa shape index (κ3) is 9.35. The number of hydrogen-bond acceptors (Lipinski definition) is 8. The quantitative estimate of drug-likeness (QED) is 0.228. The van der Waals surface area contributed by atoms with Gasteiger partial charge < -0.3 is 25.4 Å². The Bertz CT molecular complexity index is 1030. The third-order valence-electron chi connectivity index (χ3n) is 6.23. The Morgan fingerprint density at radius 3 is 2.68 bits per heavy atom. The fraction of sp³-hybridized carbons (Fsp3) is 0.600. The molecule has 0 bridgehead atoms. The highest BCUT2D eigenvalue weighted by atomic mass is 19.4. The molecule has 2 atom stereocenters. The van der Waals surface area contributed by atoms with E-state index in [1.807, 2.05) is 11.0 Å². The molecule has 1 unspecified atom stereocenters. The Labute approximate surface area is 219 Å². The predicted octanol–water partition coefficient (Wildman–Crippen LogP) is 3.81. The van der Waals surface area contributed by atoms with Gasteiger partial charge in [0, 0.05) is 44.8 Å². The first kappa shape index (κ1) is 29.5. The number of nitrogens with zero attached hydrogens (tertiary/aromatic N) is 4. The summed E-state index contributed by atoms with van der Waals surface area (Å²) >= 11 is 0. The number of aromatic nitrogens is 3. The molecule has 3 rings (SSSR count). The number of carboxylic acid groups (broad SMARTS) is 1. The summed E-state index contributed by atoms with van der Waals surface area (Å²) in [5.74, 6) is -0.500. The number of ether oxygens (including phenoxy) is 1. The van der Waals surface area contributed by atoms with Crippen LogP contribution in [-0.4, -0.2) is 83.0 Å². The van der Waals surface area contributed by atoms with Crippen LogP contribution in [0.3, 0.4) is 0 Å². The Morgan fingerprint density at radius 1 is 1.24 bits per heavy atom. The maximum absolute atomic E-state index is 14.3. The minimum Gasteiger partial charge on any atom is -0.480 e. The number of rotatable bonds is 15.